The Hall–Kier alpha value is -3.32. The molecule has 11 heteroatoms. The van der Waals surface area contributed by atoms with Crippen LogP contribution < -0.4 is 15.0 Å². The van der Waals surface area contributed by atoms with Crippen LogP contribution in [-0.2, 0) is 10.3 Å². The van der Waals surface area contributed by atoms with Gasteiger partial charge < -0.3 is 9.64 Å². The van der Waals surface area contributed by atoms with E-state index < -0.39 is 24.0 Å². The van der Waals surface area contributed by atoms with E-state index in [9.17, 15) is 23.2 Å². The highest BCUT2D eigenvalue weighted by Crippen LogP contribution is 2.41. The molecule has 1 N–H and O–H groups in total. The monoisotopic (exact) mass is 592 g/mol. The van der Waals surface area contributed by atoms with Gasteiger partial charge in [-0.2, -0.15) is 5.26 Å². The van der Waals surface area contributed by atoms with Gasteiger partial charge in [0, 0.05) is 29.0 Å². The Labute approximate surface area is 243 Å². The Kier molecular flexibility index (Phi) is 9.40. The fraction of sp³-hybridized carbons (Fsp3) is 0.345. The fourth-order valence-corrected chi connectivity index (χ4v) is 5.00. The van der Waals surface area contributed by atoms with E-state index in [4.69, 9.17) is 0 Å². The SMILES string of the molecule is CC(C)(N[C@H]1C[C@@H](c2cccc(C#N)c2)N(c2ccc(OC(F)(F)F)cc2)C1=O)c1ccc(C2CC2)nc1.Cl.Cl. The molecule has 0 unspecified atom stereocenters. The molecule has 0 bridgehead atoms. The van der Waals surface area contributed by atoms with Crippen molar-refractivity contribution >= 4 is 36.4 Å². The van der Waals surface area contributed by atoms with E-state index in [1.807, 2.05) is 38.2 Å². The van der Waals surface area contributed by atoms with Crippen molar-refractivity contribution in [2.75, 3.05) is 4.90 Å². The van der Waals surface area contributed by atoms with Crippen LogP contribution in [0.25, 0.3) is 0 Å². The maximum absolute atomic E-state index is 13.8. The molecule has 1 aliphatic heterocycles. The van der Waals surface area contributed by atoms with Crippen molar-refractivity contribution in [1.82, 2.24) is 10.3 Å². The van der Waals surface area contributed by atoms with Gasteiger partial charge in [-0.25, -0.2) is 0 Å². The lowest BCUT2D eigenvalue weighted by molar-refractivity contribution is -0.274. The van der Waals surface area contributed by atoms with Crippen LogP contribution in [0.15, 0.2) is 66.9 Å². The van der Waals surface area contributed by atoms with E-state index in [0.29, 0.717) is 23.6 Å². The topological polar surface area (TPSA) is 78.3 Å². The molecule has 1 amide bonds. The molecule has 212 valence electrons. The molecule has 1 saturated heterocycles. The van der Waals surface area contributed by atoms with Crippen molar-refractivity contribution in [2.24, 2.45) is 0 Å². The first-order valence-electron chi connectivity index (χ1n) is 12.5. The van der Waals surface area contributed by atoms with Crippen molar-refractivity contribution in [1.29, 1.82) is 5.26 Å². The summed E-state index contributed by atoms with van der Waals surface area (Å²) in [5, 5.41) is 12.9. The number of nitrogens with zero attached hydrogens (tertiary/aromatic N) is 3. The molecule has 40 heavy (non-hydrogen) atoms. The van der Waals surface area contributed by atoms with Crippen molar-refractivity contribution < 1.29 is 22.7 Å². The quantitative estimate of drug-likeness (QED) is 0.321. The molecule has 1 saturated carbocycles. The lowest BCUT2D eigenvalue weighted by atomic mass is 9.93. The molecule has 3 aromatic rings. The lowest BCUT2D eigenvalue weighted by Crippen LogP contribution is -2.47. The van der Waals surface area contributed by atoms with Gasteiger partial charge in [0.15, 0.2) is 0 Å². The number of pyridine rings is 1. The number of ether oxygens (including phenoxy) is 1. The molecule has 6 nitrogen and oxygen atoms in total. The third-order valence-corrected chi connectivity index (χ3v) is 7.09. The number of hydrogen-bond donors (Lipinski definition) is 1. The summed E-state index contributed by atoms with van der Waals surface area (Å²) < 4.78 is 41.9. The minimum atomic E-state index is -4.81. The summed E-state index contributed by atoms with van der Waals surface area (Å²) in [5.74, 6) is -0.0331. The molecule has 0 spiro atoms. The second-order valence-corrected chi connectivity index (χ2v) is 10.3. The van der Waals surface area contributed by atoms with Gasteiger partial charge in [-0.1, -0.05) is 18.2 Å². The van der Waals surface area contributed by atoms with Gasteiger partial charge in [0.2, 0.25) is 5.91 Å². The number of benzene rings is 2. The van der Waals surface area contributed by atoms with Crippen molar-refractivity contribution in [2.45, 2.75) is 63.0 Å². The van der Waals surface area contributed by atoms with Crippen LogP contribution in [0.2, 0.25) is 0 Å². The van der Waals surface area contributed by atoms with E-state index >= 15 is 0 Å². The largest absolute Gasteiger partial charge is 0.573 e. The van der Waals surface area contributed by atoms with Crippen LogP contribution in [0, 0.1) is 11.3 Å². The van der Waals surface area contributed by atoms with Gasteiger partial charge in [0.25, 0.3) is 0 Å². The first-order valence-corrected chi connectivity index (χ1v) is 12.5. The minimum absolute atomic E-state index is 0. The zero-order valence-corrected chi connectivity index (χ0v) is 23.4. The second kappa shape index (κ2) is 12.0. The van der Waals surface area contributed by atoms with Gasteiger partial charge in [0.05, 0.1) is 23.7 Å². The molecule has 1 aliphatic carbocycles. The minimum Gasteiger partial charge on any atom is -0.406 e. The fourth-order valence-electron chi connectivity index (χ4n) is 5.00. The van der Waals surface area contributed by atoms with Gasteiger partial charge >= 0.3 is 6.36 Å². The normalized spacial score (nSPS) is 18.9. The summed E-state index contributed by atoms with van der Waals surface area (Å²) in [5.41, 5.74) is 3.13. The number of amides is 1. The predicted octanol–water partition coefficient (Wildman–Crippen LogP) is 6.94. The molecule has 2 fully saturated rings. The van der Waals surface area contributed by atoms with Gasteiger partial charge in [0.1, 0.15) is 5.75 Å². The van der Waals surface area contributed by atoms with Crippen LogP contribution in [0.5, 0.6) is 5.75 Å². The standard InChI is InChI=1S/C29H27F3N4O2.2ClH/c1-28(2,21-8-13-24(34-17-21)19-6-7-19)35-25-15-26(20-5-3-4-18(14-20)16-33)36(27(25)37)22-9-11-23(12-10-22)38-29(30,31)32;;/h3-5,8-14,17,19,25-26,35H,6-7,15H2,1-2H3;2*1H/t25-,26-;;/m0../s1. The number of nitrogens with one attached hydrogen (secondary N) is 1. The number of carbonyl (C=O) groups is 1. The number of hydrogen-bond acceptors (Lipinski definition) is 5. The van der Waals surface area contributed by atoms with Gasteiger partial charge in [-0.15, -0.1) is 38.0 Å². The van der Waals surface area contributed by atoms with Crippen molar-refractivity contribution in [3.8, 4) is 11.8 Å². The summed E-state index contributed by atoms with van der Waals surface area (Å²) in [7, 11) is 0. The smallest absolute Gasteiger partial charge is 0.406 e. The van der Waals surface area contributed by atoms with Crippen LogP contribution in [0.4, 0.5) is 18.9 Å². The highest BCUT2D eigenvalue weighted by molar-refractivity contribution is 6.00. The summed E-state index contributed by atoms with van der Waals surface area (Å²) in [6.07, 6.45) is -0.218. The van der Waals surface area contributed by atoms with E-state index in [-0.39, 0.29) is 36.5 Å². The lowest BCUT2D eigenvalue weighted by Gasteiger charge is -2.30. The molecule has 1 aromatic heterocycles. The van der Waals surface area contributed by atoms with E-state index in [1.54, 1.807) is 23.1 Å². The summed E-state index contributed by atoms with van der Waals surface area (Å²) in [4.78, 5) is 20.0. The zero-order chi connectivity index (χ0) is 27.1. The predicted molar refractivity (Wildman–Crippen MR) is 150 cm³/mol. The number of aromatic nitrogens is 1. The number of rotatable bonds is 7. The number of anilines is 1. The van der Waals surface area contributed by atoms with Gasteiger partial charge in [-0.3, -0.25) is 15.1 Å². The van der Waals surface area contributed by atoms with Crippen LogP contribution >= 0.6 is 24.8 Å². The number of halogens is 5. The Bertz CT molecular complexity index is 1370. The molecule has 2 aliphatic rings. The van der Waals surface area contributed by atoms with E-state index in [1.165, 1.54) is 24.3 Å². The Morgan fingerprint density at radius 3 is 2.33 bits per heavy atom. The van der Waals surface area contributed by atoms with Gasteiger partial charge in [-0.05, 0) is 86.7 Å². The summed E-state index contributed by atoms with van der Waals surface area (Å²) >= 11 is 0. The highest BCUT2D eigenvalue weighted by atomic mass is 35.5. The molecule has 2 atom stereocenters. The van der Waals surface area contributed by atoms with E-state index in [0.717, 1.165) is 29.7 Å². The average Bonchev–Trinajstić information content (AvgIpc) is 3.69. The number of nitriles is 1. The summed E-state index contributed by atoms with van der Waals surface area (Å²) in [6, 6.07) is 17.5. The Morgan fingerprint density at radius 2 is 1.75 bits per heavy atom. The van der Waals surface area contributed by atoms with Crippen LogP contribution in [0.3, 0.4) is 0 Å². The zero-order valence-electron chi connectivity index (χ0n) is 21.8. The Balaban J connectivity index is 0.00000220. The third kappa shape index (κ3) is 6.87. The molecule has 2 heterocycles. The third-order valence-electron chi connectivity index (χ3n) is 7.09. The van der Waals surface area contributed by atoms with Crippen molar-refractivity contribution in [3.63, 3.8) is 0 Å². The Morgan fingerprint density at radius 1 is 1.05 bits per heavy atom. The highest BCUT2D eigenvalue weighted by Gasteiger charge is 2.43. The molecular weight excluding hydrogens is 564 g/mol. The molecular formula is C29H29Cl2F3N4O2. The first kappa shape index (κ1) is 31.2. The molecule has 2 aromatic carbocycles. The average molecular weight is 593 g/mol. The van der Waals surface area contributed by atoms with Crippen LogP contribution in [-0.4, -0.2) is 23.3 Å². The number of alkyl halides is 3. The first-order chi connectivity index (χ1) is 18.0. The van der Waals surface area contributed by atoms with E-state index in [2.05, 4.69) is 21.1 Å². The number of carbonyl (C=O) groups excluding carboxylic acids is 1. The van der Waals surface area contributed by atoms with Crippen LogP contribution in [0.1, 0.15) is 67.5 Å². The summed E-state index contributed by atoms with van der Waals surface area (Å²) in [6.45, 7) is 3.98. The maximum atomic E-state index is 13.8. The maximum Gasteiger partial charge on any atom is 0.573 e. The van der Waals surface area contributed by atoms with Crippen molar-refractivity contribution in [3.05, 3.63) is 89.2 Å². The molecule has 0 radical (unpaired) electrons. The second-order valence-electron chi connectivity index (χ2n) is 10.3. The molecule has 5 rings (SSSR count).